The monoisotopic (exact) mass is 324 g/mol. The number of rotatable bonds is 4. The standard InChI is InChI=1S/C17H13FN4O2/c1-11-8-16(14-9-13(18)6-7-15(14)20-11)21-19-10-12-4-2-3-5-17(12)22(23)24/h2-10H,1H3,(H,20,21). The maximum atomic E-state index is 13.5. The van der Waals surface area contributed by atoms with E-state index in [1.807, 2.05) is 6.92 Å². The van der Waals surface area contributed by atoms with Gasteiger partial charge < -0.3 is 0 Å². The number of fused-ring (bicyclic) bond motifs is 1. The van der Waals surface area contributed by atoms with Gasteiger partial charge in [0.05, 0.1) is 27.9 Å². The van der Waals surface area contributed by atoms with Crippen molar-refractivity contribution in [3.63, 3.8) is 0 Å². The first-order chi connectivity index (χ1) is 11.5. The van der Waals surface area contributed by atoms with Crippen molar-refractivity contribution in [2.24, 2.45) is 5.10 Å². The van der Waals surface area contributed by atoms with Crippen molar-refractivity contribution in [2.75, 3.05) is 5.43 Å². The van der Waals surface area contributed by atoms with Crippen molar-refractivity contribution in [3.8, 4) is 0 Å². The zero-order valence-corrected chi connectivity index (χ0v) is 12.7. The van der Waals surface area contributed by atoms with E-state index in [-0.39, 0.29) is 11.5 Å². The predicted octanol–water partition coefficient (Wildman–Crippen LogP) is 4.04. The van der Waals surface area contributed by atoms with Crippen LogP contribution in [0.5, 0.6) is 0 Å². The van der Waals surface area contributed by atoms with Crippen LogP contribution in [-0.2, 0) is 0 Å². The molecule has 24 heavy (non-hydrogen) atoms. The van der Waals surface area contributed by atoms with Gasteiger partial charge in [0.2, 0.25) is 0 Å². The third-order valence-electron chi connectivity index (χ3n) is 3.42. The molecule has 0 amide bonds. The predicted molar refractivity (Wildman–Crippen MR) is 90.8 cm³/mol. The number of nitrogens with one attached hydrogen (secondary N) is 1. The first-order valence-electron chi connectivity index (χ1n) is 7.14. The first-order valence-corrected chi connectivity index (χ1v) is 7.14. The quantitative estimate of drug-likeness (QED) is 0.446. The van der Waals surface area contributed by atoms with E-state index in [4.69, 9.17) is 0 Å². The molecule has 2 aromatic carbocycles. The van der Waals surface area contributed by atoms with E-state index in [1.165, 1.54) is 24.4 Å². The van der Waals surface area contributed by atoms with Gasteiger partial charge in [-0.15, -0.1) is 0 Å². The van der Waals surface area contributed by atoms with Crippen molar-refractivity contribution >= 4 is 28.5 Å². The molecule has 1 heterocycles. The molecule has 3 aromatic rings. The molecular weight excluding hydrogens is 311 g/mol. The molecule has 0 unspecified atom stereocenters. The molecule has 7 heteroatoms. The van der Waals surface area contributed by atoms with Crippen molar-refractivity contribution in [1.29, 1.82) is 0 Å². The summed E-state index contributed by atoms with van der Waals surface area (Å²) < 4.78 is 13.5. The molecule has 0 aliphatic heterocycles. The minimum atomic E-state index is -0.470. The Morgan fingerprint density at radius 1 is 1.25 bits per heavy atom. The highest BCUT2D eigenvalue weighted by Gasteiger charge is 2.10. The van der Waals surface area contributed by atoms with Crippen LogP contribution in [0.2, 0.25) is 0 Å². The maximum Gasteiger partial charge on any atom is 0.278 e. The molecule has 0 aliphatic carbocycles. The Balaban J connectivity index is 1.94. The highest BCUT2D eigenvalue weighted by Crippen LogP contribution is 2.24. The van der Waals surface area contributed by atoms with E-state index in [2.05, 4.69) is 15.5 Å². The van der Waals surface area contributed by atoms with Gasteiger partial charge in [-0.1, -0.05) is 12.1 Å². The average molecular weight is 324 g/mol. The maximum absolute atomic E-state index is 13.5. The Kier molecular flexibility index (Phi) is 4.15. The van der Waals surface area contributed by atoms with Gasteiger partial charge in [0.1, 0.15) is 5.82 Å². The number of aromatic nitrogens is 1. The second kappa shape index (κ2) is 6.41. The SMILES string of the molecule is Cc1cc(NN=Cc2ccccc2[N+](=O)[O-])c2cc(F)ccc2n1. The lowest BCUT2D eigenvalue weighted by atomic mass is 10.1. The fourth-order valence-electron chi connectivity index (χ4n) is 2.36. The van der Waals surface area contributed by atoms with Gasteiger partial charge in [0.15, 0.2) is 0 Å². The summed E-state index contributed by atoms with van der Waals surface area (Å²) in [6.45, 7) is 1.82. The van der Waals surface area contributed by atoms with Crippen LogP contribution in [0.1, 0.15) is 11.3 Å². The second-order valence-corrected chi connectivity index (χ2v) is 5.16. The Morgan fingerprint density at radius 2 is 2.04 bits per heavy atom. The van der Waals surface area contributed by atoms with Gasteiger partial charge in [-0.3, -0.25) is 20.5 Å². The average Bonchev–Trinajstić information content (AvgIpc) is 2.55. The van der Waals surface area contributed by atoms with E-state index in [1.54, 1.807) is 30.3 Å². The lowest BCUT2D eigenvalue weighted by Crippen LogP contribution is -1.97. The molecule has 1 N–H and O–H groups in total. The molecule has 120 valence electrons. The molecule has 1 aromatic heterocycles. The number of hydrazone groups is 1. The van der Waals surface area contributed by atoms with Gasteiger partial charge in [-0.05, 0) is 37.3 Å². The summed E-state index contributed by atoms with van der Waals surface area (Å²) in [5.74, 6) is -0.376. The van der Waals surface area contributed by atoms with Gasteiger partial charge in [0.25, 0.3) is 5.69 Å². The van der Waals surface area contributed by atoms with Gasteiger partial charge >= 0.3 is 0 Å². The van der Waals surface area contributed by atoms with Crippen molar-refractivity contribution in [3.05, 3.63) is 75.7 Å². The van der Waals surface area contributed by atoms with Crippen molar-refractivity contribution < 1.29 is 9.31 Å². The minimum Gasteiger partial charge on any atom is -0.278 e. The molecule has 0 bridgehead atoms. The summed E-state index contributed by atoms with van der Waals surface area (Å²) in [5.41, 5.74) is 5.11. The number of hydrogen-bond donors (Lipinski definition) is 1. The third-order valence-corrected chi connectivity index (χ3v) is 3.42. The number of nitro groups is 1. The Bertz CT molecular complexity index is 956. The number of anilines is 1. The lowest BCUT2D eigenvalue weighted by molar-refractivity contribution is -0.385. The number of halogens is 1. The fraction of sp³-hybridized carbons (Fsp3) is 0.0588. The van der Waals surface area contributed by atoms with Crippen LogP contribution in [0, 0.1) is 22.9 Å². The molecule has 6 nitrogen and oxygen atoms in total. The number of nitro benzene ring substituents is 1. The van der Waals surface area contributed by atoms with E-state index >= 15 is 0 Å². The molecule has 0 aliphatic rings. The Morgan fingerprint density at radius 3 is 2.83 bits per heavy atom. The minimum absolute atomic E-state index is 0.0372. The lowest BCUT2D eigenvalue weighted by Gasteiger charge is -2.07. The molecule has 0 fully saturated rings. The van der Waals surface area contributed by atoms with Crippen LogP contribution < -0.4 is 5.43 Å². The Hall–Kier alpha value is -3.35. The molecule has 0 saturated heterocycles. The van der Waals surface area contributed by atoms with Crippen LogP contribution in [-0.4, -0.2) is 16.1 Å². The van der Waals surface area contributed by atoms with Gasteiger partial charge in [-0.25, -0.2) is 4.39 Å². The van der Waals surface area contributed by atoms with Crippen LogP contribution in [0.15, 0.2) is 53.6 Å². The fourth-order valence-corrected chi connectivity index (χ4v) is 2.36. The van der Waals surface area contributed by atoms with E-state index in [9.17, 15) is 14.5 Å². The molecular formula is C17H13FN4O2. The zero-order chi connectivity index (χ0) is 17.1. The van der Waals surface area contributed by atoms with Crippen molar-refractivity contribution in [2.45, 2.75) is 6.92 Å². The van der Waals surface area contributed by atoms with Gasteiger partial charge in [0, 0.05) is 17.1 Å². The zero-order valence-electron chi connectivity index (χ0n) is 12.7. The summed E-state index contributed by atoms with van der Waals surface area (Å²) >= 11 is 0. The van der Waals surface area contributed by atoms with Crippen molar-refractivity contribution in [1.82, 2.24) is 4.98 Å². The van der Waals surface area contributed by atoms with Gasteiger partial charge in [-0.2, -0.15) is 5.10 Å². The summed E-state index contributed by atoms with van der Waals surface area (Å²) in [4.78, 5) is 14.8. The van der Waals surface area contributed by atoms with Crippen LogP contribution in [0.4, 0.5) is 15.8 Å². The third kappa shape index (κ3) is 3.19. The molecule has 0 saturated carbocycles. The number of aryl methyl sites for hydroxylation is 1. The number of nitrogens with zero attached hydrogens (tertiary/aromatic N) is 3. The van der Waals surface area contributed by atoms with Crippen LogP contribution in [0.3, 0.4) is 0 Å². The molecule has 0 atom stereocenters. The molecule has 3 rings (SSSR count). The largest absolute Gasteiger partial charge is 0.278 e. The van der Waals surface area contributed by atoms with E-state index < -0.39 is 4.92 Å². The highest BCUT2D eigenvalue weighted by molar-refractivity contribution is 5.92. The van der Waals surface area contributed by atoms with E-state index in [0.29, 0.717) is 22.2 Å². The normalized spacial score (nSPS) is 11.1. The first kappa shape index (κ1) is 15.5. The van der Waals surface area contributed by atoms with E-state index in [0.717, 1.165) is 5.69 Å². The number of hydrogen-bond acceptors (Lipinski definition) is 5. The summed E-state index contributed by atoms with van der Waals surface area (Å²) in [6, 6.07) is 12.3. The summed E-state index contributed by atoms with van der Waals surface area (Å²) in [7, 11) is 0. The second-order valence-electron chi connectivity index (χ2n) is 5.16. The smallest absolute Gasteiger partial charge is 0.278 e. The summed E-state index contributed by atoms with van der Waals surface area (Å²) in [5, 5.41) is 15.6. The molecule has 0 radical (unpaired) electrons. The number of benzene rings is 2. The highest BCUT2D eigenvalue weighted by atomic mass is 19.1. The van der Waals surface area contributed by atoms with Crippen LogP contribution >= 0.6 is 0 Å². The number of pyridine rings is 1. The molecule has 0 spiro atoms. The topological polar surface area (TPSA) is 80.4 Å². The van der Waals surface area contributed by atoms with Crippen LogP contribution in [0.25, 0.3) is 10.9 Å². The Labute approximate surface area is 136 Å². The number of para-hydroxylation sites is 1. The summed E-state index contributed by atoms with van der Waals surface area (Å²) in [6.07, 6.45) is 1.36.